The topological polar surface area (TPSA) is 45.0 Å². The van der Waals surface area contributed by atoms with Gasteiger partial charge in [0.2, 0.25) is 0 Å². The Labute approximate surface area is 113 Å². The SMILES string of the molecule is CC(C)C1CC(C#N)(Nc2ccc(F)cc2)CCO1. The molecule has 19 heavy (non-hydrogen) atoms. The van der Waals surface area contributed by atoms with E-state index in [9.17, 15) is 9.65 Å². The zero-order valence-electron chi connectivity index (χ0n) is 11.3. The number of benzene rings is 1. The highest BCUT2D eigenvalue weighted by Gasteiger charge is 2.38. The molecule has 0 aliphatic carbocycles. The largest absolute Gasteiger partial charge is 0.378 e. The van der Waals surface area contributed by atoms with Gasteiger partial charge < -0.3 is 10.1 Å². The molecule has 0 amide bonds. The molecule has 102 valence electrons. The van der Waals surface area contributed by atoms with Crippen molar-refractivity contribution < 1.29 is 9.13 Å². The number of hydrogen-bond acceptors (Lipinski definition) is 3. The average Bonchev–Trinajstić information content (AvgIpc) is 2.42. The number of nitrogens with one attached hydrogen (secondary N) is 1. The highest BCUT2D eigenvalue weighted by molar-refractivity contribution is 5.48. The lowest BCUT2D eigenvalue weighted by Crippen LogP contribution is -2.47. The van der Waals surface area contributed by atoms with Crippen LogP contribution in [0.2, 0.25) is 0 Å². The molecule has 1 saturated heterocycles. The first kappa shape index (κ1) is 13.8. The van der Waals surface area contributed by atoms with Crippen molar-refractivity contribution in [1.29, 1.82) is 5.26 Å². The summed E-state index contributed by atoms with van der Waals surface area (Å²) in [6, 6.07) is 8.49. The lowest BCUT2D eigenvalue weighted by Gasteiger charge is -2.38. The highest BCUT2D eigenvalue weighted by Crippen LogP contribution is 2.31. The van der Waals surface area contributed by atoms with Crippen molar-refractivity contribution in [3.05, 3.63) is 30.1 Å². The minimum absolute atomic E-state index is 0.0846. The molecule has 0 spiro atoms. The third-order valence-corrected chi connectivity index (χ3v) is 3.60. The van der Waals surface area contributed by atoms with E-state index in [1.807, 2.05) is 0 Å². The molecule has 0 radical (unpaired) electrons. The Morgan fingerprint density at radius 2 is 2.11 bits per heavy atom. The van der Waals surface area contributed by atoms with Crippen LogP contribution < -0.4 is 5.32 Å². The van der Waals surface area contributed by atoms with Crippen LogP contribution >= 0.6 is 0 Å². The molecule has 0 aromatic heterocycles. The molecule has 0 saturated carbocycles. The second kappa shape index (κ2) is 5.58. The van der Waals surface area contributed by atoms with E-state index in [1.54, 1.807) is 12.1 Å². The molecule has 3 nitrogen and oxygen atoms in total. The maximum Gasteiger partial charge on any atom is 0.130 e. The van der Waals surface area contributed by atoms with Crippen LogP contribution in [0.4, 0.5) is 10.1 Å². The van der Waals surface area contributed by atoms with Gasteiger partial charge in [-0.25, -0.2) is 4.39 Å². The summed E-state index contributed by atoms with van der Waals surface area (Å²) in [7, 11) is 0. The van der Waals surface area contributed by atoms with Gasteiger partial charge in [0.1, 0.15) is 11.4 Å². The summed E-state index contributed by atoms with van der Waals surface area (Å²) in [5.41, 5.74) is 0.151. The second-order valence-corrected chi connectivity index (χ2v) is 5.43. The van der Waals surface area contributed by atoms with Crippen LogP contribution in [0.1, 0.15) is 26.7 Å². The predicted octanol–water partition coefficient (Wildman–Crippen LogP) is 3.33. The lowest BCUT2D eigenvalue weighted by molar-refractivity contribution is -0.0272. The van der Waals surface area contributed by atoms with Crippen molar-refractivity contribution in [3.8, 4) is 6.07 Å². The number of nitrogens with zero attached hydrogens (tertiary/aromatic N) is 1. The number of halogens is 1. The zero-order chi connectivity index (χ0) is 13.9. The van der Waals surface area contributed by atoms with Crippen LogP contribution in [0.25, 0.3) is 0 Å². The van der Waals surface area contributed by atoms with Gasteiger partial charge >= 0.3 is 0 Å². The molecule has 1 aromatic carbocycles. The second-order valence-electron chi connectivity index (χ2n) is 5.43. The first-order valence-corrected chi connectivity index (χ1v) is 6.61. The Morgan fingerprint density at radius 3 is 2.68 bits per heavy atom. The minimum atomic E-state index is -0.620. The van der Waals surface area contributed by atoms with Gasteiger partial charge in [-0.15, -0.1) is 0 Å². The summed E-state index contributed by atoms with van der Waals surface area (Å²) in [6.07, 6.45) is 1.38. The molecule has 1 aliphatic rings. The zero-order valence-corrected chi connectivity index (χ0v) is 11.3. The molecule has 2 unspecified atom stereocenters. The van der Waals surface area contributed by atoms with Gasteiger partial charge in [-0.3, -0.25) is 0 Å². The van der Waals surface area contributed by atoms with E-state index in [2.05, 4.69) is 25.2 Å². The Bertz CT molecular complexity index is 466. The maximum absolute atomic E-state index is 12.9. The molecule has 1 heterocycles. The molecule has 4 heteroatoms. The van der Waals surface area contributed by atoms with Gasteiger partial charge in [0.15, 0.2) is 0 Å². The normalized spacial score (nSPS) is 27.0. The van der Waals surface area contributed by atoms with Gasteiger partial charge in [-0.05, 0) is 30.2 Å². The van der Waals surface area contributed by atoms with E-state index >= 15 is 0 Å². The molecular formula is C15H19FN2O. The summed E-state index contributed by atoms with van der Waals surface area (Å²) in [4.78, 5) is 0. The maximum atomic E-state index is 12.9. The van der Waals surface area contributed by atoms with Crippen LogP contribution in [0.3, 0.4) is 0 Å². The molecule has 1 aliphatic heterocycles. The van der Waals surface area contributed by atoms with Gasteiger partial charge in [-0.2, -0.15) is 5.26 Å². The molecule has 2 atom stereocenters. The van der Waals surface area contributed by atoms with Crippen molar-refractivity contribution in [1.82, 2.24) is 0 Å². The van der Waals surface area contributed by atoms with E-state index in [0.29, 0.717) is 25.4 Å². The monoisotopic (exact) mass is 262 g/mol. The van der Waals surface area contributed by atoms with Gasteiger partial charge in [0.05, 0.1) is 18.8 Å². The van der Waals surface area contributed by atoms with Gasteiger partial charge in [0, 0.05) is 18.5 Å². The quantitative estimate of drug-likeness (QED) is 0.908. The van der Waals surface area contributed by atoms with E-state index in [0.717, 1.165) is 5.69 Å². The van der Waals surface area contributed by atoms with Gasteiger partial charge in [-0.1, -0.05) is 13.8 Å². The fourth-order valence-corrected chi connectivity index (χ4v) is 2.37. The number of nitriles is 1. The summed E-state index contributed by atoms with van der Waals surface area (Å²) in [6.45, 7) is 4.76. The van der Waals surface area contributed by atoms with Crippen molar-refractivity contribution in [2.75, 3.05) is 11.9 Å². The summed E-state index contributed by atoms with van der Waals surface area (Å²) >= 11 is 0. The van der Waals surface area contributed by atoms with E-state index in [-0.39, 0.29) is 11.9 Å². The molecule has 1 fully saturated rings. The highest BCUT2D eigenvalue weighted by atomic mass is 19.1. The third-order valence-electron chi connectivity index (χ3n) is 3.60. The minimum Gasteiger partial charge on any atom is -0.378 e. The van der Waals surface area contributed by atoms with Crippen molar-refractivity contribution >= 4 is 5.69 Å². The Morgan fingerprint density at radius 1 is 1.42 bits per heavy atom. The predicted molar refractivity (Wildman–Crippen MR) is 72.2 cm³/mol. The van der Waals surface area contributed by atoms with Crippen molar-refractivity contribution in [3.63, 3.8) is 0 Å². The molecule has 1 aromatic rings. The summed E-state index contributed by atoms with van der Waals surface area (Å²) < 4.78 is 18.6. The van der Waals surface area contributed by atoms with Crippen LogP contribution in [0, 0.1) is 23.1 Å². The molecule has 1 N–H and O–H groups in total. The number of hydrogen-bond donors (Lipinski definition) is 1. The number of rotatable bonds is 3. The molecule has 2 rings (SSSR count). The summed E-state index contributed by atoms with van der Waals surface area (Å²) in [5, 5.41) is 12.8. The van der Waals surface area contributed by atoms with Crippen LogP contribution in [-0.4, -0.2) is 18.2 Å². The fraction of sp³-hybridized carbons (Fsp3) is 0.533. The first-order valence-electron chi connectivity index (χ1n) is 6.61. The molecule has 0 bridgehead atoms. The molecular weight excluding hydrogens is 243 g/mol. The first-order chi connectivity index (χ1) is 9.04. The Kier molecular flexibility index (Phi) is 4.06. The fourth-order valence-electron chi connectivity index (χ4n) is 2.37. The average molecular weight is 262 g/mol. The van der Waals surface area contributed by atoms with Crippen molar-refractivity contribution in [2.45, 2.75) is 38.3 Å². The number of ether oxygens (including phenoxy) is 1. The van der Waals surface area contributed by atoms with E-state index in [1.165, 1.54) is 12.1 Å². The van der Waals surface area contributed by atoms with Crippen molar-refractivity contribution in [2.24, 2.45) is 5.92 Å². The van der Waals surface area contributed by atoms with Crippen LogP contribution in [0.15, 0.2) is 24.3 Å². The lowest BCUT2D eigenvalue weighted by atomic mass is 9.84. The van der Waals surface area contributed by atoms with E-state index in [4.69, 9.17) is 4.74 Å². The van der Waals surface area contributed by atoms with E-state index < -0.39 is 5.54 Å². The standard InChI is InChI=1S/C15H19FN2O/c1-11(2)14-9-15(10-17,7-8-19-14)18-13-5-3-12(16)4-6-13/h3-6,11,14,18H,7-9H2,1-2H3. The van der Waals surface area contributed by atoms with Crippen LogP contribution in [0.5, 0.6) is 0 Å². The summed E-state index contributed by atoms with van der Waals surface area (Å²) in [5.74, 6) is 0.103. The van der Waals surface area contributed by atoms with Gasteiger partial charge in [0.25, 0.3) is 0 Å². The Hall–Kier alpha value is -1.60. The number of anilines is 1. The Balaban J connectivity index is 2.14. The smallest absolute Gasteiger partial charge is 0.130 e. The third kappa shape index (κ3) is 3.24. The van der Waals surface area contributed by atoms with Crippen LogP contribution in [-0.2, 0) is 4.74 Å².